The van der Waals surface area contributed by atoms with Crippen molar-refractivity contribution >= 4 is 23.8 Å². The molecular formula is C16H21NO4S. The molecule has 1 aromatic carbocycles. The fraction of sp³-hybridized carbons (Fsp3) is 0.500. The third-order valence-electron chi connectivity index (χ3n) is 3.44. The Hall–Kier alpha value is -1.69. The lowest BCUT2D eigenvalue weighted by molar-refractivity contribution is -0.143. The first-order valence-corrected chi connectivity index (χ1v) is 8.34. The number of rotatable bonds is 2. The van der Waals surface area contributed by atoms with Gasteiger partial charge in [-0.3, -0.25) is 4.90 Å². The Bertz CT molecular complexity index is 594. The number of hydrogen-bond donors (Lipinski definition) is 1. The summed E-state index contributed by atoms with van der Waals surface area (Å²) in [7, 11) is 0. The maximum absolute atomic E-state index is 12.3. The van der Waals surface area contributed by atoms with Crippen molar-refractivity contribution < 1.29 is 19.4 Å². The predicted octanol–water partition coefficient (Wildman–Crippen LogP) is 3.33. The van der Waals surface area contributed by atoms with E-state index in [0.29, 0.717) is 18.5 Å². The topological polar surface area (TPSA) is 66.8 Å². The van der Waals surface area contributed by atoms with E-state index in [2.05, 4.69) is 0 Å². The molecule has 1 atom stereocenters. The lowest BCUT2D eigenvalue weighted by Crippen LogP contribution is -2.45. The van der Waals surface area contributed by atoms with E-state index in [9.17, 15) is 14.7 Å². The van der Waals surface area contributed by atoms with Crippen LogP contribution < -0.4 is 0 Å². The van der Waals surface area contributed by atoms with E-state index in [1.165, 1.54) is 4.90 Å². The second kappa shape index (κ2) is 6.20. The van der Waals surface area contributed by atoms with E-state index in [-0.39, 0.29) is 0 Å². The molecule has 1 N–H and O–H groups in total. The molecule has 1 unspecified atom stereocenters. The van der Waals surface area contributed by atoms with E-state index in [0.717, 1.165) is 10.5 Å². The van der Waals surface area contributed by atoms with Crippen LogP contribution in [-0.2, 0) is 16.0 Å². The lowest BCUT2D eigenvalue weighted by atomic mass is 9.93. The van der Waals surface area contributed by atoms with E-state index in [1.807, 2.05) is 18.4 Å². The zero-order valence-corrected chi connectivity index (χ0v) is 14.1. The molecular weight excluding hydrogens is 302 g/mol. The molecule has 1 aliphatic rings. The van der Waals surface area contributed by atoms with Crippen molar-refractivity contribution in [2.24, 2.45) is 0 Å². The standard InChI is InChI=1S/C16H21NO4S/c1-16(2,3)21-15(20)17-8-7-10-9-11(22-4)5-6-12(10)13(17)14(18)19/h5-6,9,13H,7-8H2,1-4H3,(H,18,19). The lowest BCUT2D eigenvalue weighted by Gasteiger charge is -2.36. The maximum atomic E-state index is 12.3. The van der Waals surface area contributed by atoms with E-state index < -0.39 is 23.7 Å². The second-order valence-electron chi connectivity index (χ2n) is 6.23. The average Bonchev–Trinajstić information content (AvgIpc) is 2.43. The van der Waals surface area contributed by atoms with Crippen LogP contribution >= 0.6 is 11.8 Å². The molecule has 0 aromatic heterocycles. The van der Waals surface area contributed by atoms with E-state index >= 15 is 0 Å². The molecule has 120 valence electrons. The number of benzene rings is 1. The zero-order chi connectivity index (χ0) is 16.5. The number of carbonyl (C=O) groups excluding carboxylic acids is 1. The monoisotopic (exact) mass is 323 g/mol. The molecule has 1 aliphatic heterocycles. The molecule has 0 saturated heterocycles. The summed E-state index contributed by atoms with van der Waals surface area (Å²) in [5.74, 6) is -1.04. The molecule has 22 heavy (non-hydrogen) atoms. The second-order valence-corrected chi connectivity index (χ2v) is 7.11. The van der Waals surface area contributed by atoms with Gasteiger partial charge in [-0.25, -0.2) is 9.59 Å². The van der Waals surface area contributed by atoms with Crippen LogP contribution in [0.15, 0.2) is 23.1 Å². The normalized spacial score (nSPS) is 17.8. The Morgan fingerprint density at radius 1 is 1.36 bits per heavy atom. The molecule has 6 heteroatoms. The highest BCUT2D eigenvalue weighted by molar-refractivity contribution is 7.98. The van der Waals surface area contributed by atoms with Gasteiger partial charge in [-0.15, -0.1) is 11.8 Å². The molecule has 5 nitrogen and oxygen atoms in total. The van der Waals surface area contributed by atoms with Gasteiger partial charge in [-0.1, -0.05) is 6.07 Å². The number of carboxylic acids is 1. The molecule has 1 amide bonds. The van der Waals surface area contributed by atoms with Crippen LogP contribution in [-0.4, -0.2) is 40.5 Å². The van der Waals surface area contributed by atoms with Crippen molar-refractivity contribution in [3.05, 3.63) is 29.3 Å². The molecule has 0 bridgehead atoms. The van der Waals surface area contributed by atoms with Crippen LogP contribution in [0, 0.1) is 0 Å². The van der Waals surface area contributed by atoms with Gasteiger partial charge in [0.25, 0.3) is 0 Å². The summed E-state index contributed by atoms with van der Waals surface area (Å²) in [6, 6.07) is 4.70. The van der Waals surface area contributed by atoms with Crippen LogP contribution in [0.25, 0.3) is 0 Å². The number of carboxylic acid groups (broad SMARTS) is 1. The van der Waals surface area contributed by atoms with Crippen LogP contribution in [0.3, 0.4) is 0 Å². The summed E-state index contributed by atoms with van der Waals surface area (Å²) >= 11 is 1.61. The molecule has 0 saturated carbocycles. The van der Waals surface area contributed by atoms with Gasteiger partial charge in [0.05, 0.1) is 0 Å². The van der Waals surface area contributed by atoms with Gasteiger partial charge in [0.15, 0.2) is 6.04 Å². The van der Waals surface area contributed by atoms with Crippen molar-refractivity contribution in [3.63, 3.8) is 0 Å². The number of aliphatic carboxylic acids is 1. The smallest absolute Gasteiger partial charge is 0.411 e. The number of fused-ring (bicyclic) bond motifs is 1. The third kappa shape index (κ3) is 3.55. The Balaban J connectivity index is 2.34. The van der Waals surface area contributed by atoms with Gasteiger partial charge in [0.2, 0.25) is 0 Å². The Labute approximate surface area is 134 Å². The summed E-state index contributed by atoms with van der Waals surface area (Å²) < 4.78 is 5.34. The van der Waals surface area contributed by atoms with Crippen molar-refractivity contribution in [1.29, 1.82) is 0 Å². The maximum Gasteiger partial charge on any atom is 0.411 e. The van der Waals surface area contributed by atoms with Crippen molar-refractivity contribution in [3.8, 4) is 0 Å². The first-order valence-electron chi connectivity index (χ1n) is 7.12. The third-order valence-corrected chi connectivity index (χ3v) is 4.17. The van der Waals surface area contributed by atoms with Gasteiger partial charge < -0.3 is 9.84 Å². The SMILES string of the molecule is CSc1ccc2c(c1)CCN(C(=O)OC(C)(C)C)C2C(=O)O. The summed E-state index contributed by atoms with van der Waals surface area (Å²) in [6.45, 7) is 5.65. The average molecular weight is 323 g/mol. The van der Waals surface area contributed by atoms with Crippen molar-refractivity contribution in [2.75, 3.05) is 12.8 Å². The van der Waals surface area contributed by atoms with Crippen LogP contribution in [0.2, 0.25) is 0 Å². The molecule has 2 rings (SSSR count). The molecule has 1 aromatic rings. The number of carbonyl (C=O) groups is 2. The molecule has 0 fully saturated rings. The fourth-order valence-electron chi connectivity index (χ4n) is 2.51. The van der Waals surface area contributed by atoms with E-state index in [1.54, 1.807) is 38.6 Å². The van der Waals surface area contributed by atoms with Gasteiger partial charge in [-0.2, -0.15) is 0 Å². The molecule has 0 spiro atoms. The van der Waals surface area contributed by atoms with Gasteiger partial charge >= 0.3 is 12.1 Å². The Kier molecular flexibility index (Phi) is 4.70. The summed E-state index contributed by atoms with van der Waals surface area (Å²) in [4.78, 5) is 26.4. The minimum atomic E-state index is -1.04. The largest absolute Gasteiger partial charge is 0.479 e. The fourth-order valence-corrected chi connectivity index (χ4v) is 2.98. The predicted molar refractivity (Wildman–Crippen MR) is 85.2 cm³/mol. The summed E-state index contributed by atoms with van der Waals surface area (Å²) in [5, 5.41) is 9.57. The highest BCUT2D eigenvalue weighted by Gasteiger charge is 2.38. The minimum Gasteiger partial charge on any atom is -0.479 e. The summed E-state index contributed by atoms with van der Waals surface area (Å²) in [5.41, 5.74) is 1.00. The quantitative estimate of drug-likeness (QED) is 0.846. The van der Waals surface area contributed by atoms with Crippen molar-refractivity contribution in [2.45, 2.75) is 43.7 Å². The molecule has 1 heterocycles. The van der Waals surface area contributed by atoms with Gasteiger partial charge in [-0.05, 0) is 56.7 Å². The highest BCUT2D eigenvalue weighted by Crippen LogP contribution is 2.33. The van der Waals surface area contributed by atoms with Crippen molar-refractivity contribution in [1.82, 2.24) is 4.90 Å². The summed E-state index contributed by atoms with van der Waals surface area (Å²) in [6.07, 6.45) is 2.03. The van der Waals surface area contributed by atoms with Gasteiger partial charge in [0.1, 0.15) is 5.60 Å². The van der Waals surface area contributed by atoms with Crippen LogP contribution in [0.5, 0.6) is 0 Å². The number of hydrogen-bond acceptors (Lipinski definition) is 4. The first-order chi connectivity index (χ1) is 10.2. The molecule has 0 radical (unpaired) electrons. The minimum absolute atomic E-state index is 0.344. The zero-order valence-electron chi connectivity index (χ0n) is 13.3. The highest BCUT2D eigenvalue weighted by atomic mass is 32.2. The van der Waals surface area contributed by atoms with Crippen LogP contribution in [0.4, 0.5) is 4.79 Å². The number of ether oxygens (including phenoxy) is 1. The Morgan fingerprint density at radius 2 is 2.05 bits per heavy atom. The Morgan fingerprint density at radius 3 is 2.59 bits per heavy atom. The number of nitrogens with zero attached hydrogens (tertiary/aromatic N) is 1. The number of thioether (sulfide) groups is 1. The van der Waals surface area contributed by atoms with Crippen LogP contribution in [0.1, 0.15) is 37.9 Å². The van der Waals surface area contributed by atoms with Gasteiger partial charge in [0, 0.05) is 11.4 Å². The molecule has 0 aliphatic carbocycles. The van der Waals surface area contributed by atoms with E-state index in [4.69, 9.17) is 4.74 Å². The number of amides is 1. The first kappa shape index (κ1) is 16.7.